The summed E-state index contributed by atoms with van der Waals surface area (Å²) in [5, 5.41) is 19.6. The standard InChI is InChI=1S/C20H31N3.C2H2O4/c1-4-23(5-2)16-9-7-6-8-14-21-19-13-12-17(3)18-11-10-15-22-20(18)19;3-1(4)2(5)6/h10-13,15,21H,4-9,14,16H2,1-3H3;(H,3,4)(H,5,6). The van der Waals surface area contributed by atoms with Crippen molar-refractivity contribution >= 4 is 28.5 Å². The van der Waals surface area contributed by atoms with Gasteiger partial charge in [-0.1, -0.05) is 38.8 Å². The second kappa shape index (κ2) is 13.5. The molecule has 0 amide bonds. The number of nitrogens with one attached hydrogen (secondary N) is 1. The predicted octanol–water partition coefficient (Wildman–Crippen LogP) is 4.01. The van der Waals surface area contributed by atoms with Crippen LogP contribution in [0.25, 0.3) is 10.9 Å². The van der Waals surface area contributed by atoms with Gasteiger partial charge in [0.25, 0.3) is 0 Å². The van der Waals surface area contributed by atoms with E-state index in [1.807, 2.05) is 12.3 Å². The van der Waals surface area contributed by atoms with E-state index in [1.54, 1.807) is 0 Å². The summed E-state index contributed by atoms with van der Waals surface area (Å²) in [5.41, 5.74) is 3.54. The van der Waals surface area contributed by atoms with Crippen LogP contribution in [0.4, 0.5) is 5.69 Å². The molecule has 0 radical (unpaired) electrons. The Morgan fingerprint density at radius 3 is 2.28 bits per heavy atom. The van der Waals surface area contributed by atoms with Crippen LogP contribution in [-0.2, 0) is 9.59 Å². The maximum atomic E-state index is 9.10. The van der Waals surface area contributed by atoms with Crippen LogP contribution in [0, 0.1) is 6.92 Å². The van der Waals surface area contributed by atoms with Gasteiger partial charge in [-0.25, -0.2) is 9.59 Å². The van der Waals surface area contributed by atoms with Gasteiger partial charge in [0, 0.05) is 18.1 Å². The van der Waals surface area contributed by atoms with Crippen molar-refractivity contribution in [2.45, 2.75) is 46.5 Å². The predicted molar refractivity (Wildman–Crippen MR) is 116 cm³/mol. The summed E-state index contributed by atoms with van der Waals surface area (Å²) in [7, 11) is 0. The lowest BCUT2D eigenvalue weighted by atomic mass is 10.1. The molecule has 0 saturated heterocycles. The minimum atomic E-state index is -1.82. The summed E-state index contributed by atoms with van der Waals surface area (Å²) in [6.07, 6.45) is 7.04. The van der Waals surface area contributed by atoms with E-state index in [1.165, 1.54) is 56.3 Å². The zero-order valence-electron chi connectivity index (χ0n) is 17.6. The Bertz CT molecular complexity index is 764. The average Bonchev–Trinajstić information content (AvgIpc) is 2.72. The number of aromatic nitrogens is 1. The Labute approximate surface area is 172 Å². The smallest absolute Gasteiger partial charge is 0.414 e. The number of aliphatic carboxylic acids is 2. The molecule has 0 aliphatic carbocycles. The maximum absolute atomic E-state index is 9.10. The number of hydrogen-bond donors (Lipinski definition) is 3. The molecule has 0 aliphatic heterocycles. The number of fused-ring (bicyclic) bond motifs is 1. The molecule has 7 heteroatoms. The first-order valence-electron chi connectivity index (χ1n) is 10.2. The summed E-state index contributed by atoms with van der Waals surface area (Å²) < 4.78 is 0. The van der Waals surface area contributed by atoms with Crippen LogP contribution >= 0.6 is 0 Å². The molecule has 1 heterocycles. The fourth-order valence-corrected chi connectivity index (χ4v) is 3.03. The fraction of sp³-hybridized carbons (Fsp3) is 0.500. The van der Waals surface area contributed by atoms with Gasteiger partial charge >= 0.3 is 11.9 Å². The normalized spacial score (nSPS) is 10.5. The number of hydrogen-bond acceptors (Lipinski definition) is 5. The van der Waals surface area contributed by atoms with Crippen molar-refractivity contribution in [2.75, 3.05) is 31.5 Å². The summed E-state index contributed by atoms with van der Waals surface area (Å²) in [6.45, 7) is 11.2. The van der Waals surface area contributed by atoms with E-state index in [0.29, 0.717) is 0 Å². The second-order valence-corrected chi connectivity index (χ2v) is 6.81. The first-order valence-corrected chi connectivity index (χ1v) is 10.2. The van der Waals surface area contributed by atoms with E-state index in [2.05, 4.69) is 54.2 Å². The topological polar surface area (TPSA) is 103 Å². The van der Waals surface area contributed by atoms with Gasteiger partial charge in [0.15, 0.2) is 0 Å². The molecule has 0 atom stereocenters. The molecule has 160 valence electrons. The van der Waals surface area contributed by atoms with Crippen LogP contribution < -0.4 is 5.32 Å². The summed E-state index contributed by atoms with van der Waals surface area (Å²) in [6, 6.07) is 8.49. The molecule has 0 aliphatic rings. The number of pyridine rings is 1. The molecule has 0 fully saturated rings. The van der Waals surface area contributed by atoms with E-state index in [-0.39, 0.29) is 0 Å². The van der Waals surface area contributed by atoms with Crippen molar-refractivity contribution in [3.8, 4) is 0 Å². The number of carbonyl (C=O) groups is 2. The van der Waals surface area contributed by atoms with Gasteiger partial charge in [-0.05, 0) is 57.1 Å². The molecule has 3 N–H and O–H groups in total. The molecule has 0 bridgehead atoms. The van der Waals surface area contributed by atoms with Crippen LogP contribution in [0.1, 0.15) is 45.1 Å². The van der Waals surface area contributed by atoms with Crippen LogP contribution in [0.15, 0.2) is 30.5 Å². The van der Waals surface area contributed by atoms with Crippen molar-refractivity contribution in [1.29, 1.82) is 0 Å². The van der Waals surface area contributed by atoms with Crippen molar-refractivity contribution in [3.05, 3.63) is 36.0 Å². The Morgan fingerprint density at radius 2 is 1.66 bits per heavy atom. The monoisotopic (exact) mass is 403 g/mol. The number of rotatable bonds is 10. The molecule has 0 saturated carbocycles. The molecule has 29 heavy (non-hydrogen) atoms. The Balaban J connectivity index is 0.000000612. The number of carboxylic acids is 2. The van der Waals surface area contributed by atoms with E-state index in [4.69, 9.17) is 19.8 Å². The second-order valence-electron chi connectivity index (χ2n) is 6.81. The van der Waals surface area contributed by atoms with Gasteiger partial charge in [0.2, 0.25) is 0 Å². The van der Waals surface area contributed by atoms with Crippen molar-refractivity contribution in [1.82, 2.24) is 9.88 Å². The minimum Gasteiger partial charge on any atom is -0.473 e. The third-order valence-corrected chi connectivity index (χ3v) is 4.78. The maximum Gasteiger partial charge on any atom is 0.414 e. The highest BCUT2D eigenvalue weighted by atomic mass is 16.4. The lowest BCUT2D eigenvalue weighted by molar-refractivity contribution is -0.159. The number of nitrogens with zero attached hydrogens (tertiary/aromatic N) is 2. The first kappa shape index (κ1) is 24.4. The first-order chi connectivity index (χ1) is 13.9. The van der Waals surface area contributed by atoms with Crippen LogP contribution in [0.2, 0.25) is 0 Å². The van der Waals surface area contributed by atoms with Crippen molar-refractivity contribution < 1.29 is 19.8 Å². The zero-order chi connectivity index (χ0) is 21.6. The molecule has 0 spiro atoms. The quantitative estimate of drug-likeness (QED) is 0.407. The van der Waals surface area contributed by atoms with Gasteiger partial charge in [-0.15, -0.1) is 0 Å². The zero-order valence-corrected chi connectivity index (χ0v) is 17.6. The van der Waals surface area contributed by atoms with Crippen molar-refractivity contribution in [3.63, 3.8) is 0 Å². The van der Waals surface area contributed by atoms with Crippen molar-refractivity contribution in [2.24, 2.45) is 0 Å². The lowest BCUT2D eigenvalue weighted by Gasteiger charge is -2.17. The third-order valence-electron chi connectivity index (χ3n) is 4.78. The number of unbranched alkanes of at least 4 members (excludes halogenated alkanes) is 3. The highest BCUT2D eigenvalue weighted by Crippen LogP contribution is 2.24. The fourth-order valence-electron chi connectivity index (χ4n) is 3.03. The molecule has 0 unspecified atom stereocenters. The van der Waals surface area contributed by atoms with Gasteiger partial charge in [0.05, 0.1) is 11.2 Å². The number of carboxylic acid groups (broad SMARTS) is 2. The summed E-state index contributed by atoms with van der Waals surface area (Å²) in [5.74, 6) is -3.65. The number of aryl methyl sites for hydroxylation is 1. The van der Waals surface area contributed by atoms with E-state index in [0.717, 1.165) is 17.7 Å². The summed E-state index contributed by atoms with van der Waals surface area (Å²) >= 11 is 0. The summed E-state index contributed by atoms with van der Waals surface area (Å²) in [4.78, 5) is 25.2. The molecule has 7 nitrogen and oxygen atoms in total. The van der Waals surface area contributed by atoms with Gasteiger partial charge in [-0.2, -0.15) is 0 Å². The number of benzene rings is 1. The van der Waals surface area contributed by atoms with Gasteiger partial charge in [-0.3, -0.25) is 4.98 Å². The Morgan fingerprint density at radius 1 is 1.00 bits per heavy atom. The highest BCUT2D eigenvalue weighted by molar-refractivity contribution is 6.27. The average molecular weight is 404 g/mol. The largest absolute Gasteiger partial charge is 0.473 e. The van der Waals surface area contributed by atoms with Gasteiger partial charge < -0.3 is 20.4 Å². The highest BCUT2D eigenvalue weighted by Gasteiger charge is 2.04. The Hall–Kier alpha value is -2.67. The Kier molecular flexibility index (Phi) is 11.3. The molecular formula is C22H33N3O4. The SMILES string of the molecule is CCN(CC)CCCCCCNc1ccc(C)c2cccnc12.O=C(O)C(=O)O. The number of anilines is 1. The van der Waals surface area contributed by atoms with Gasteiger partial charge in [0.1, 0.15) is 0 Å². The molecule has 1 aromatic carbocycles. The van der Waals surface area contributed by atoms with Crippen LogP contribution in [0.5, 0.6) is 0 Å². The molecule has 2 rings (SSSR count). The van der Waals surface area contributed by atoms with E-state index < -0.39 is 11.9 Å². The lowest BCUT2D eigenvalue weighted by Crippen LogP contribution is -2.23. The van der Waals surface area contributed by atoms with Crippen LogP contribution in [0.3, 0.4) is 0 Å². The molecule has 1 aromatic heterocycles. The van der Waals surface area contributed by atoms with Crippen LogP contribution in [-0.4, -0.2) is 58.2 Å². The third kappa shape index (κ3) is 8.91. The van der Waals surface area contributed by atoms with E-state index >= 15 is 0 Å². The molecular weight excluding hydrogens is 370 g/mol. The minimum absolute atomic E-state index is 1.03. The molecule has 2 aromatic rings. The van der Waals surface area contributed by atoms with E-state index in [9.17, 15) is 0 Å².